The lowest BCUT2D eigenvalue weighted by Gasteiger charge is -2.46. The summed E-state index contributed by atoms with van der Waals surface area (Å²) in [5, 5.41) is 9.64. The molecule has 2 aliphatic carbocycles. The van der Waals surface area contributed by atoms with E-state index in [1.54, 1.807) is 0 Å². The highest BCUT2D eigenvalue weighted by molar-refractivity contribution is 5.35. The maximum atomic E-state index is 9.64. The second-order valence-corrected chi connectivity index (χ2v) is 7.44. The molecule has 1 aromatic rings. The van der Waals surface area contributed by atoms with Crippen LogP contribution in [-0.4, -0.2) is 5.11 Å². The van der Waals surface area contributed by atoms with Crippen LogP contribution in [0.1, 0.15) is 51.5 Å². The molecule has 0 bridgehead atoms. The Morgan fingerprint density at radius 1 is 1.05 bits per heavy atom. The lowest BCUT2D eigenvalue weighted by molar-refractivity contribution is 0.154. The van der Waals surface area contributed by atoms with Gasteiger partial charge in [-0.05, 0) is 67.6 Å². The number of rotatable bonds is 3. The van der Waals surface area contributed by atoms with E-state index in [2.05, 4.69) is 50.3 Å². The number of hydrogen-bond acceptors (Lipinski definition) is 1. The van der Waals surface area contributed by atoms with Gasteiger partial charge in [0.25, 0.3) is 0 Å². The predicted molar refractivity (Wildman–Crippen MR) is 93.0 cm³/mol. The third-order valence-corrected chi connectivity index (χ3v) is 6.00. The highest BCUT2D eigenvalue weighted by Crippen LogP contribution is 2.50. The van der Waals surface area contributed by atoms with E-state index >= 15 is 0 Å². The van der Waals surface area contributed by atoms with E-state index in [1.807, 2.05) is 12.1 Å². The molecule has 1 aromatic carbocycles. The monoisotopic (exact) mass is 296 g/mol. The smallest absolute Gasteiger partial charge is 0.115 e. The highest BCUT2D eigenvalue weighted by Gasteiger charge is 2.42. The summed E-state index contributed by atoms with van der Waals surface area (Å²) in [7, 11) is 0. The Morgan fingerprint density at radius 3 is 2.27 bits per heavy atom. The van der Waals surface area contributed by atoms with Crippen LogP contribution in [0.15, 0.2) is 48.6 Å². The molecular weight excluding hydrogens is 268 g/mol. The summed E-state index contributed by atoms with van der Waals surface area (Å²) in [6.45, 7) is 4.73. The fourth-order valence-electron chi connectivity index (χ4n) is 4.48. The van der Waals surface area contributed by atoms with Gasteiger partial charge in [-0.1, -0.05) is 50.3 Å². The SMILES string of the molecule is CC(C)C1CCC(c2ccc(O)cc2)(C2C=CC=CC2)CC1. The predicted octanol–water partition coefficient (Wildman–Crippen LogP) is 5.61. The molecule has 1 nitrogen and oxygen atoms in total. The second kappa shape index (κ2) is 6.32. The highest BCUT2D eigenvalue weighted by atomic mass is 16.3. The van der Waals surface area contributed by atoms with Crippen molar-refractivity contribution in [3.8, 4) is 5.75 Å². The molecule has 1 saturated carbocycles. The molecule has 0 aromatic heterocycles. The molecule has 118 valence electrons. The first-order chi connectivity index (χ1) is 10.6. The van der Waals surface area contributed by atoms with Gasteiger partial charge in [-0.2, -0.15) is 0 Å². The largest absolute Gasteiger partial charge is 0.508 e. The summed E-state index contributed by atoms with van der Waals surface area (Å²) in [6, 6.07) is 8.01. The first kappa shape index (κ1) is 15.4. The van der Waals surface area contributed by atoms with Crippen molar-refractivity contribution in [1.82, 2.24) is 0 Å². The summed E-state index contributed by atoms with van der Waals surface area (Å²) in [6.07, 6.45) is 15.4. The Bertz CT molecular complexity index is 542. The molecule has 0 saturated heterocycles. The van der Waals surface area contributed by atoms with E-state index in [-0.39, 0.29) is 5.41 Å². The first-order valence-corrected chi connectivity index (χ1v) is 8.75. The van der Waals surface area contributed by atoms with E-state index < -0.39 is 0 Å². The van der Waals surface area contributed by atoms with Crippen LogP contribution in [0.25, 0.3) is 0 Å². The molecule has 1 N–H and O–H groups in total. The van der Waals surface area contributed by atoms with E-state index in [4.69, 9.17) is 0 Å². The summed E-state index contributed by atoms with van der Waals surface area (Å²) in [5.74, 6) is 2.62. The van der Waals surface area contributed by atoms with Crippen LogP contribution in [0.5, 0.6) is 5.75 Å². The average molecular weight is 296 g/mol. The maximum Gasteiger partial charge on any atom is 0.115 e. The zero-order chi connectivity index (χ0) is 15.6. The summed E-state index contributed by atoms with van der Waals surface area (Å²) in [4.78, 5) is 0. The summed E-state index contributed by atoms with van der Waals surface area (Å²) < 4.78 is 0. The van der Waals surface area contributed by atoms with Crippen LogP contribution in [0, 0.1) is 17.8 Å². The average Bonchev–Trinajstić information content (AvgIpc) is 2.56. The van der Waals surface area contributed by atoms with Crippen LogP contribution in [0.4, 0.5) is 0 Å². The number of hydrogen-bond donors (Lipinski definition) is 1. The van der Waals surface area contributed by atoms with E-state index in [0.717, 1.165) is 18.3 Å². The van der Waals surface area contributed by atoms with Gasteiger partial charge in [-0.15, -0.1) is 0 Å². The van der Waals surface area contributed by atoms with Crippen molar-refractivity contribution >= 4 is 0 Å². The molecule has 22 heavy (non-hydrogen) atoms. The minimum Gasteiger partial charge on any atom is -0.508 e. The van der Waals surface area contributed by atoms with Crippen LogP contribution in [-0.2, 0) is 5.41 Å². The number of phenolic OH excluding ortho intramolecular Hbond substituents is 1. The quantitative estimate of drug-likeness (QED) is 0.768. The number of phenols is 1. The Balaban J connectivity index is 1.91. The molecule has 0 amide bonds. The molecule has 0 spiro atoms. The van der Waals surface area contributed by atoms with Crippen molar-refractivity contribution < 1.29 is 5.11 Å². The zero-order valence-corrected chi connectivity index (χ0v) is 13.8. The number of aromatic hydroxyl groups is 1. The van der Waals surface area contributed by atoms with E-state index in [1.165, 1.54) is 31.2 Å². The Labute approximate surface area is 134 Å². The maximum absolute atomic E-state index is 9.64. The molecule has 0 heterocycles. The van der Waals surface area contributed by atoms with Gasteiger partial charge in [0.05, 0.1) is 0 Å². The molecule has 3 rings (SSSR count). The summed E-state index contributed by atoms with van der Waals surface area (Å²) >= 11 is 0. The Kier molecular flexibility index (Phi) is 4.42. The van der Waals surface area contributed by atoms with Crippen molar-refractivity contribution in [2.24, 2.45) is 17.8 Å². The van der Waals surface area contributed by atoms with Gasteiger partial charge in [0.15, 0.2) is 0 Å². The topological polar surface area (TPSA) is 20.2 Å². The molecule has 1 heteroatoms. The third-order valence-electron chi connectivity index (χ3n) is 6.00. The molecule has 0 radical (unpaired) electrons. The molecular formula is C21H28O. The van der Waals surface area contributed by atoms with Gasteiger partial charge in [-0.25, -0.2) is 0 Å². The summed E-state index contributed by atoms with van der Waals surface area (Å²) in [5.41, 5.74) is 1.66. The van der Waals surface area contributed by atoms with Crippen molar-refractivity contribution in [3.05, 3.63) is 54.1 Å². The number of benzene rings is 1. The van der Waals surface area contributed by atoms with E-state index in [9.17, 15) is 5.11 Å². The normalized spacial score (nSPS) is 31.6. The lowest BCUT2D eigenvalue weighted by atomic mass is 9.58. The fraction of sp³-hybridized carbons (Fsp3) is 0.524. The van der Waals surface area contributed by atoms with Gasteiger partial charge in [-0.3, -0.25) is 0 Å². The minimum absolute atomic E-state index is 0.250. The van der Waals surface area contributed by atoms with Crippen LogP contribution in [0.2, 0.25) is 0 Å². The van der Waals surface area contributed by atoms with Crippen molar-refractivity contribution in [1.29, 1.82) is 0 Å². The van der Waals surface area contributed by atoms with E-state index in [0.29, 0.717) is 11.7 Å². The fourth-order valence-corrected chi connectivity index (χ4v) is 4.48. The molecule has 1 fully saturated rings. The van der Waals surface area contributed by atoms with Crippen molar-refractivity contribution in [3.63, 3.8) is 0 Å². The van der Waals surface area contributed by atoms with Gasteiger partial charge < -0.3 is 5.11 Å². The second-order valence-electron chi connectivity index (χ2n) is 7.44. The van der Waals surface area contributed by atoms with Gasteiger partial charge in [0.2, 0.25) is 0 Å². The zero-order valence-electron chi connectivity index (χ0n) is 13.8. The van der Waals surface area contributed by atoms with Crippen molar-refractivity contribution in [2.45, 2.75) is 51.4 Å². The minimum atomic E-state index is 0.250. The Morgan fingerprint density at radius 2 is 1.73 bits per heavy atom. The molecule has 2 aliphatic rings. The van der Waals surface area contributed by atoms with Crippen molar-refractivity contribution in [2.75, 3.05) is 0 Å². The standard InChI is InChI=1S/C21H28O/c1-16(2)17-12-14-21(15-13-17,18-6-4-3-5-7-18)19-8-10-20(22)11-9-19/h3-6,8-11,16-18,22H,7,12-15H2,1-2H3. The van der Waals surface area contributed by atoms with Crippen LogP contribution in [0.3, 0.4) is 0 Å². The first-order valence-electron chi connectivity index (χ1n) is 8.75. The number of allylic oxidation sites excluding steroid dienone is 4. The lowest BCUT2D eigenvalue weighted by Crippen LogP contribution is -2.39. The molecule has 1 atom stereocenters. The Hall–Kier alpha value is -1.50. The van der Waals surface area contributed by atoms with Gasteiger partial charge >= 0.3 is 0 Å². The van der Waals surface area contributed by atoms with Gasteiger partial charge in [0, 0.05) is 5.41 Å². The van der Waals surface area contributed by atoms with Gasteiger partial charge in [0.1, 0.15) is 5.75 Å². The van der Waals surface area contributed by atoms with Crippen LogP contribution >= 0.6 is 0 Å². The molecule has 1 unspecified atom stereocenters. The molecule has 0 aliphatic heterocycles. The third kappa shape index (κ3) is 2.86. The van der Waals surface area contributed by atoms with Crippen LogP contribution < -0.4 is 0 Å².